The monoisotopic (exact) mass is 283 g/mol. The van der Waals surface area contributed by atoms with Gasteiger partial charge in [-0.2, -0.15) is 5.10 Å². The highest BCUT2D eigenvalue weighted by Crippen LogP contribution is 2.01. The molecule has 2 aromatic heterocycles. The van der Waals surface area contributed by atoms with Crippen LogP contribution in [0, 0.1) is 18.8 Å². The second-order valence-corrected chi connectivity index (χ2v) is 4.50. The lowest BCUT2D eigenvalue weighted by Gasteiger charge is -2.05. The number of aromatic nitrogens is 3. The van der Waals surface area contributed by atoms with E-state index in [1.807, 2.05) is 13.1 Å². The van der Waals surface area contributed by atoms with Crippen molar-refractivity contribution in [3.63, 3.8) is 0 Å². The van der Waals surface area contributed by atoms with Crippen molar-refractivity contribution in [2.24, 2.45) is 5.73 Å². The largest absolute Gasteiger partial charge is 0.350 e. The van der Waals surface area contributed by atoms with Crippen LogP contribution in [0.2, 0.25) is 0 Å². The van der Waals surface area contributed by atoms with E-state index in [2.05, 4.69) is 27.2 Å². The summed E-state index contributed by atoms with van der Waals surface area (Å²) in [6.07, 6.45) is 6.83. The molecule has 0 atom stereocenters. The number of pyridine rings is 1. The molecule has 6 nitrogen and oxygen atoms in total. The van der Waals surface area contributed by atoms with Crippen LogP contribution in [0.1, 0.15) is 21.5 Å². The van der Waals surface area contributed by atoms with E-state index in [9.17, 15) is 4.79 Å². The molecule has 0 aliphatic heterocycles. The molecule has 0 fully saturated rings. The van der Waals surface area contributed by atoms with E-state index >= 15 is 0 Å². The van der Waals surface area contributed by atoms with E-state index in [-0.39, 0.29) is 12.5 Å². The molecule has 0 radical (unpaired) electrons. The van der Waals surface area contributed by atoms with Crippen LogP contribution in [0.4, 0.5) is 0 Å². The molecule has 0 spiro atoms. The summed E-state index contributed by atoms with van der Waals surface area (Å²) >= 11 is 0. The van der Waals surface area contributed by atoms with Gasteiger partial charge in [-0.05, 0) is 18.6 Å². The summed E-state index contributed by atoms with van der Waals surface area (Å²) in [6, 6.07) is 1.70. The molecule has 0 bridgehead atoms. The average molecular weight is 283 g/mol. The van der Waals surface area contributed by atoms with E-state index in [4.69, 9.17) is 5.73 Å². The van der Waals surface area contributed by atoms with E-state index in [1.165, 1.54) is 6.20 Å². The zero-order valence-electron chi connectivity index (χ0n) is 11.8. The van der Waals surface area contributed by atoms with Crippen molar-refractivity contribution < 1.29 is 4.79 Å². The number of nitrogens with zero attached hydrogens (tertiary/aromatic N) is 3. The molecule has 6 heteroatoms. The molecule has 2 aromatic rings. The fourth-order valence-corrected chi connectivity index (χ4v) is 1.76. The van der Waals surface area contributed by atoms with Crippen molar-refractivity contribution in [2.45, 2.75) is 13.5 Å². The van der Waals surface area contributed by atoms with Gasteiger partial charge < -0.3 is 11.1 Å². The van der Waals surface area contributed by atoms with Crippen LogP contribution in [-0.4, -0.2) is 33.8 Å². The maximum Gasteiger partial charge on any atom is 0.252 e. The third-order valence-corrected chi connectivity index (χ3v) is 2.72. The lowest BCUT2D eigenvalue weighted by atomic mass is 10.2. The summed E-state index contributed by atoms with van der Waals surface area (Å²) in [6.45, 7) is 3.37. The van der Waals surface area contributed by atoms with Crippen molar-refractivity contribution in [1.82, 2.24) is 20.1 Å². The molecular formula is C15H17N5O. The number of carbonyl (C=O) groups excluding carboxylic acids is 1. The molecule has 0 saturated heterocycles. The normalized spacial score (nSPS) is 9.81. The second-order valence-electron chi connectivity index (χ2n) is 4.50. The molecule has 0 saturated carbocycles. The molecule has 3 N–H and O–H groups in total. The Labute approximate surface area is 123 Å². The maximum absolute atomic E-state index is 12.0. The first kappa shape index (κ1) is 14.8. The molecule has 0 aliphatic carbocycles. The van der Waals surface area contributed by atoms with Gasteiger partial charge in [0.2, 0.25) is 0 Å². The zero-order valence-corrected chi connectivity index (χ0v) is 11.8. The summed E-state index contributed by atoms with van der Waals surface area (Å²) in [7, 11) is 0. The molecular weight excluding hydrogens is 266 g/mol. The standard InChI is InChI=1S/C15H17N5O/c1-12-8-19-20(11-12)6-5-18-15(21)14-7-13(3-2-4-16)9-17-10-14/h7-11H,4-6,16H2,1H3,(H,18,21). The number of rotatable bonds is 4. The molecule has 0 aliphatic rings. The minimum absolute atomic E-state index is 0.178. The smallest absolute Gasteiger partial charge is 0.252 e. The maximum atomic E-state index is 12.0. The molecule has 2 heterocycles. The Balaban J connectivity index is 1.91. The Kier molecular flexibility index (Phi) is 5.07. The van der Waals surface area contributed by atoms with Gasteiger partial charge in [0.1, 0.15) is 0 Å². The quantitative estimate of drug-likeness (QED) is 0.792. The van der Waals surface area contributed by atoms with Crippen LogP contribution < -0.4 is 11.1 Å². The van der Waals surface area contributed by atoms with Crippen molar-refractivity contribution in [2.75, 3.05) is 13.1 Å². The zero-order chi connectivity index (χ0) is 15.1. The number of amides is 1. The van der Waals surface area contributed by atoms with Gasteiger partial charge in [-0.1, -0.05) is 11.8 Å². The second kappa shape index (κ2) is 7.22. The van der Waals surface area contributed by atoms with Crippen LogP contribution in [0.3, 0.4) is 0 Å². The Morgan fingerprint density at radius 1 is 1.43 bits per heavy atom. The van der Waals surface area contributed by atoms with E-state index < -0.39 is 0 Å². The molecule has 21 heavy (non-hydrogen) atoms. The van der Waals surface area contributed by atoms with Crippen LogP contribution in [0.25, 0.3) is 0 Å². The average Bonchev–Trinajstić information content (AvgIpc) is 2.91. The van der Waals surface area contributed by atoms with Gasteiger partial charge in [-0.25, -0.2) is 0 Å². The predicted molar refractivity (Wildman–Crippen MR) is 79.5 cm³/mol. The van der Waals surface area contributed by atoms with Gasteiger partial charge in [-0.3, -0.25) is 14.5 Å². The fraction of sp³-hybridized carbons (Fsp3) is 0.267. The highest BCUT2D eigenvalue weighted by Gasteiger charge is 2.06. The number of aryl methyl sites for hydroxylation is 1. The number of nitrogens with one attached hydrogen (secondary N) is 1. The SMILES string of the molecule is Cc1cnn(CCNC(=O)c2cncc(C#CCN)c2)c1. The Morgan fingerprint density at radius 3 is 3.00 bits per heavy atom. The molecule has 108 valence electrons. The summed E-state index contributed by atoms with van der Waals surface area (Å²) in [4.78, 5) is 16.0. The van der Waals surface area contributed by atoms with Crippen molar-refractivity contribution >= 4 is 5.91 Å². The summed E-state index contributed by atoms with van der Waals surface area (Å²) in [5.74, 6) is 5.41. The minimum atomic E-state index is -0.178. The first-order valence-electron chi connectivity index (χ1n) is 6.60. The van der Waals surface area contributed by atoms with Gasteiger partial charge in [0.05, 0.1) is 24.8 Å². The van der Waals surface area contributed by atoms with Crippen molar-refractivity contribution in [1.29, 1.82) is 0 Å². The Hall–Kier alpha value is -2.65. The van der Waals surface area contributed by atoms with Gasteiger partial charge in [0.25, 0.3) is 5.91 Å². The van der Waals surface area contributed by atoms with Crippen molar-refractivity contribution in [3.05, 3.63) is 47.5 Å². The van der Waals surface area contributed by atoms with E-state index in [0.717, 1.165) is 5.56 Å². The third-order valence-electron chi connectivity index (χ3n) is 2.72. The lowest BCUT2D eigenvalue weighted by molar-refractivity contribution is 0.0951. The first-order chi connectivity index (χ1) is 10.2. The molecule has 2 rings (SSSR count). The Morgan fingerprint density at radius 2 is 2.29 bits per heavy atom. The number of carbonyl (C=O) groups is 1. The summed E-state index contributed by atoms with van der Waals surface area (Å²) in [5.41, 5.74) is 7.57. The van der Waals surface area contributed by atoms with Gasteiger partial charge in [0.15, 0.2) is 0 Å². The molecule has 0 aromatic carbocycles. The topological polar surface area (TPSA) is 85.8 Å². The summed E-state index contributed by atoms with van der Waals surface area (Å²) in [5, 5.41) is 6.98. The molecule has 1 amide bonds. The van der Waals surface area contributed by atoms with Gasteiger partial charge >= 0.3 is 0 Å². The number of hydrogen-bond donors (Lipinski definition) is 2. The van der Waals surface area contributed by atoms with Crippen LogP contribution in [0.5, 0.6) is 0 Å². The highest BCUT2D eigenvalue weighted by molar-refractivity contribution is 5.94. The highest BCUT2D eigenvalue weighted by atomic mass is 16.1. The van der Waals surface area contributed by atoms with E-state index in [0.29, 0.717) is 24.2 Å². The van der Waals surface area contributed by atoms with Crippen LogP contribution >= 0.6 is 0 Å². The van der Waals surface area contributed by atoms with Crippen molar-refractivity contribution in [3.8, 4) is 11.8 Å². The first-order valence-corrected chi connectivity index (χ1v) is 6.60. The van der Waals surface area contributed by atoms with Crippen LogP contribution in [-0.2, 0) is 6.54 Å². The number of nitrogens with two attached hydrogens (primary N) is 1. The predicted octanol–water partition coefficient (Wildman–Crippen LogP) is 0.327. The van der Waals surface area contributed by atoms with E-state index in [1.54, 1.807) is 23.1 Å². The minimum Gasteiger partial charge on any atom is -0.350 e. The summed E-state index contributed by atoms with van der Waals surface area (Å²) < 4.78 is 1.79. The number of hydrogen-bond acceptors (Lipinski definition) is 4. The fourth-order valence-electron chi connectivity index (χ4n) is 1.76. The third kappa shape index (κ3) is 4.44. The van der Waals surface area contributed by atoms with Crippen LogP contribution in [0.15, 0.2) is 30.9 Å². The molecule has 0 unspecified atom stereocenters. The lowest BCUT2D eigenvalue weighted by Crippen LogP contribution is -2.27. The Bertz CT molecular complexity index is 681. The van der Waals surface area contributed by atoms with Gasteiger partial charge in [-0.15, -0.1) is 0 Å². The van der Waals surface area contributed by atoms with Gasteiger partial charge in [0, 0.05) is 30.7 Å².